The number of fused-ring (bicyclic) bond motifs is 1. The first-order valence-electron chi connectivity index (χ1n) is 9.44. The number of methoxy groups -OCH3 is 1. The summed E-state index contributed by atoms with van der Waals surface area (Å²) in [6.07, 6.45) is 1.91. The van der Waals surface area contributed by atoms with Gasteiger partial charge in [0.2, 0.25) is 10.0 Å². The normalized spacial score (nSPS) is 17.5. The quantitative estimate of drug-likeness (QED) is 0.607. The monoisotopic (exact) mass is 418 g/mol. The van der Waals surface area contributed by atoms with E-state index < -0.39 is 16.1 Å². The van der Waals surface area contributed by atoms with Crippen molar-refractivity contribution >= 4 is 21.5 Å². The number of Topliss-reactive ketones (excluding diaryl/α,β-unsaturated/α-hetero) is 1. The van der Waals surface area contributed by atoms with Crippen molar-refractivity contribution in [2.24, 2.45) is 5.92 Å². The average Bonchev–Trinajstić information content (AvgIpc) is 2.68. The number of ether oxygens (including phenoxy) is 1. The standard InChI is InChI=1S/C21H26N2O5S/c1-28-18-9-10-19-15(11-18)3-4-16(21(19)25)12-22-13-20(24)14-5-7-17(8-6-14)23-29(2,26)27/h5-11,16,20,22-24H,3-4,12-13H2,1-2H3. The van der Waals surface area contributed by atoms with Crippen LogP contribution in [0.3, 0.4) is 0 Å². The van der Waals surface area contributed by atoms with Gasteiger partial charge in [0.1, 0.15) is 5.75 Å². The maximum atomic E-state index is 12.7. The van der Waals surface area contributed by atoms with Gasteiger partial charge in [-0.15, -0.1) is 0 Å². The summed E-state index contributed by atoms with van der Waals surface area (Å²) in [5.74, 6) is 0.755. The van der Waals surface area contributed by atoms with Crippen molar-refractivity contribution in [2.45, 2.75) is 18.9 Å². The molecule has 0 aromatic heterocycles. The number of hydrogen-bond acceptors (Lipinski definition) is 6. The van der Waals surface area contributed by atoms with E-state index >= 15 is 0 Å². The summed E-state index contributed by atoms with van der Waals surface area (Å²) >= 11 is 0. The molecule has 7 nitrogen and oxygen atoms in total. The number of nitrogens with one attached hydrogen (secondary N) is 2. The maximum absolute atomic E-state index is 12.7. The Morgan fingerprint density at radius 2 is 1.93 bits per heavy atom. The lowest BCUT2D eigenvalue weighted by Gasteiger charge is -2.24. The van der Waals surface area contributed by atoms with Gasteiger partial charge in [-0.1, -0.05) is 12.1 Å². The van der Waals surface area contributed by atoms with Crippen LogP contribution in [-0.4, -0.2) is 45.8 Å². The Hall–Kier alpha value is -2.42. The second-order valence-electron chi connectivity index (χ2n) is 7.29. The van der Waals surface area contributed by atoms with Gasteiger partial charge >= 0.3 is 0 Å². The van der Waals surface area contributed by atoms with Crippen LogP contribution in [0.4, 0.5) is 5.69 Å². The molecule has 1 aliphatic carbocycles. The minimum Gasteiger partial charge on any atom is -0.497 e. The molecule has 2 unspecified atom stereocenters. The number of ketones is 1. The van der Waals surface area contributed by atoms with Crippen LogP contribution in [0.1, 0.15) is 34.0 Å². The first-order valence-corrected chi connectivity index (χ1v) is 11.3. The molecular weight excluding hydrogens is 392 g/mol. The van der Waals surface area contributed by atoms with E-state index in [2.05, 4.69) is 10.0 Å². The van der Waals surface area contributed by atoms with Crippen LogP contribution in [0.2, 0.25) is 0 Å². The Kier molecular flexibility index (Phi) is 6.56. The highest BCUT2D eigenvalue weighted by Crippen LogP contribution is 2.28. The Balaban J connectivity index is 1.52. The Labute approximate surface area is 171 Å². The zero-order valence-electron chi connectivity index (χ0n) is 16.5. The molecular formula is C21H26N2O5S. The number of aliphatic hydroxyl groups excluding tert-OH is 1. The molecule has 1 aliphatic rings. The van der Waals surface area contributed by atoms with Crippen LogP contribution < -0.4 is 14.8 Å². The lowest BCUT2D eigenvalue weighted by molar-refractivity contribution is 0.0894. The van der Waals surface area contributed by atoms with Crippen molar-refractivity contribution in [3.05, 3.63) is 59.2 Å². The summed E-state index contributed by atoms with van der Waals surface area (Å²) in [4.78, 5) is 12.7. The molecule has 0 saturated heterocycles. The summed E-state index contributed by atoms with van der Waals surface area (Å²) in [5.41, 5.74) is 2.88. The minimum atomic E-state index is -3.33. The number of hydrogen-bond donors (Lipinski definition) is 3. The van der Waals surface area contributed by atoms with E-state index in [-0.39, 0.29) is 11.7 Å². The van der Waals surface area contributed by atoms with Gasteiger partial charge in [-0.3, -0.25) is 9.52 Å². The van der Waals surface area contributed by atoms with Gasteiger partial charge in [0.05, 0.1) is 19.5 Å². The molecule has 0 saturated carbocycles. The summed E-state index contributed by atoms with van der Waals surface area (Å²) < 4.78 is 30.1. The molecule has 0 aliphatic heterocycles. The molecule has 8 heteroatoms. The van der Waals surface area contributed by atoms with E-state index in [1.807, 2.05) is 12.1 Å². The van der Waals surface area contributed by atoms with Gasteiger partial charge in [0.25, 0.3) is 0 Å². The molecule has 156 valence electrons. The van der Waals surface area contributed by atoms with Crippen LogP contribution in [0.25, 0.3) is 0 Å². The van der Waals surface area contributed by atoms with Crippen molar-refractivity contribution in [1.82, 2.24) is 5.32 Å². The minimum absolute atomic E-state index is 0.118. The fraction of sp³-hybridized carbons (Fsp3) is 0.381. The van der Waals surface area contributed by atoms with Crippen molar-refractivity contribution < 1.29 is 23.1 Å². The molecule has 3 N–H and O–H groups in total. The second-order valence-corrected chi connectivity index (χ2v) is 9.04. The Morgan fingerprint density at radius 1 is 1.21 bits per heavy atom. The molecule has 3 rings (SSSR count). The van der Waals surface area contributed by atoms with Crippen LogP contribution in [0, 0.1) is 5.92 Å². The predicted molar refractivity (Wildman–Crippen MR) is 112 cm³/mol. The van der Waals surface area contributed by atoms with Crippen LogP contribution in [0.15, 0.2) is 42.5 Å². The molecule has 0 amide bonds. The van der Waals surface area contributed by atoms with Gasteiger partial charge in [-0.2, -0.15) is 0 Å². The van der Waals surface area contributed by atoms with E-state index in [4.69, 9.17) is 4.74 Å². The molecule has 0 fully saturated rings. The highest BCUT2D eigenvalue weighted by molar-refractivity contribution is 7.92. The summed E-state index contributed by atoms with van der Waals surface area (Å²) in [6.45, 7) is 0.799. The summed E-state index contributed by atoms with van der Waals surface area (Å²) in [5, 5.41) is 13.5. The molecule has 2 aromatic rings. The third-order valence-electron chi connectivity index (χ3n) is 5.04. The first-order chi connectivity index (χ1) is 13.8. The third kappa shape index (κ3) is 5.56. The Morgan fingerprint density at radius 3 is 2.59 bits per heavy atom. The van der Waals surface area contributed by atoms with Crippen molar-refractivity contribution in [3.8, 4) is 5.75 Å². The van der Waals surface area contributed by atoms with E-state index in [1.54, 1.807) is 37.4 Å². The van der Waals surface area contributed by atoms with Gasteiger partial charge < -0.3 is 15.2 Å². The number of carbonyl (C=O) groups is 1. The van der Waals surface area contributed by atoms with E-state index in [1.165, 1.54) is 0 Å². The van der Waals surface area contributed by atoms with Crippen LogP contribution >= 0.6 is 0 Å². The number of rotatable bonds is 8. The molecule has 0 spiro atoms. The highest BCUT2D eigenvalue weighted by atomic mass is 32.2. The topological polar surface area (TPSA) is 105 Å². The number of anilines is 1. The first kappa shape index (κ1) is 21.3. The smallest absolute Gasteiger partial charge is 0.229 e. The molecule has 29 heavy (non-hydrogen) atoms. The Bertz CT molecular complexity index is 973. The van der Waals surface area contributed by atoms with Crippen molar-refractivity contribution in [1.29, 1.82) is 0 Å². The lowest BCUT2D eigenvalue weighted by atomic mass is 9.82. The molecule has 2 aromatic carbocycles. The summed E-state index contributed by atoms with van der Waals surface area (Å²) in [7, 11) is -1.72. The third-order valence-corrected chi connectivity index (χ3v) is 5.64. The van der Waals surface area contributed by atoms with Gasteiger partial charge in [0, 0.05) is 30.3 Å². The van der Waals surface area contributed by atoms with E-state index in [0.717, 1.165) is 36.0 Å². The molecule has 2 atom stereocenters. The summed E-state index contributed by atoms with van der Waals surface area (Å²) in [6, 6.07) is 12.1. The van der Waals surface area contributed by atoms with Gasteiger partial charge in [0.15, 0.2) is 5.78 Å². The zero-order valence-corrected chi connectivity index (χ0v) is 17.3. The van der Waals surface area contributed by atoms with Crippen LogP contribution in [-0.2, 0) is 16.4 Å². The van der Waals surface area contributed by atoms with E-state index in [0.29, 0.717) is 24.3 Å². The SMILES string of the molecule is COc1ccc2c(c1)CCC(CNCC(O)c1ccc(NS(C)(=O)=O)cc1)C2=O. The molecule has 0 radical (unpaired) electrons. The predicted octanol–water partition coefficient (Wildman–Crippen LogP) is 2.13. The molecule has 0 bridgehead atoms. The second kappa shape index (κ2) is 8.94. The number of sulfonamides is 1. The number of carbonyl (C=O) groups excluding carboxylic acids is 1. The average molecular weight is 419 g/mol. The highest BCUT2D eigenvalue weighted by Gasteiger charge is 2.27. The maximum Gasteiger partial charge on any atom is 0.229 e. The number of aryl methyl sites for hydroxylation is 1. The van der Waals surface area contributed by atoms with Gasteiger partial charge in [-0.05, 0) is 54.3 Å². The fourth-order valence-corrected chi connectivity index (χ4v) is 4.08. The van der Waals surface area contributed by atoms with Crippen molar-refractivity contribution in [3.63, 3.8) is 0 Å². The lowest BCUT2D eigenvalue weighted by Crippen LogP contribution is -2.34. The van der Waals surface area contributed by atoms with Crippen LogP contribution in [0.5, 0.6) is 5.75 Å². The number of aliphatic hydroxyl groups is 1. The van der Waals surface area contributed by atoms with E-state index in [9.17, 15) is 18.3 Å². The van der Waals surface area contributed by atoms with Gasteiger partial charge in [-0.25, -0.2) is 8.42 Å². The van der Waals surface area contributed by atoms with Crippen molar-refractivity contribution in [2.75, 3.05) is 31.2 Å². The number of benzene rings is 2. The molecule has 0 heterocycles. The zero-order chi connectivity index (χ0) is 21.0. The fourth-order valence-electron chi connectivity index (χ4n) is 3.52. The largest absolute Gasteiger partial charge is 0.497 e.